The molecule has 0 N–H and O–H groups in total. The Morgan fingerprint density at radius 1 is 0.468 bits per heavy atom. The molecule has 0 saturated carbocycles. The maximum absolute atomic E-state index is 15.2. The highest BCUT2D eigenvalue weighted by molar-refractivity contribution is 6.10. The maximum atomic E-state index is 15.2. The van der Waals surface area contributed by atoms with Crippen LogP contribution in [-0.4, -0.2) is 19.5 Å². The molecule has 0 aliphatic carbocycles. The molecule has 47 heavy (non-hydrogen) atoms. The average molecular weight is 615 g/mol. The third-order valence-electron chi connectivity index (χ3n) is 8.50. The Morgan fingerprint density at radius 2 is 1.02 bits per heavy atom. The summed E-state index contributed by atoms with van der Waals surface area (Å²) in [5.41, 5.74) is 8.45. The summed E-state index contributed by atoms with van der Waals surface area (Å²) < 4.78 is 31.4. The van der Waals surface area contributed by atoms with Crippen LogP contribution in [0.15, 0.2) is 133 Å². The Labute approximate surface area is 270 Å². The van der Waals surface area contributed by atoms with Gasteiger partial charge in [-0.1, -0.05) is 90.0 Å². The standard InChI is InChI=1S/C41H28F2N4/c1-25-13-18-36-32(21-25)33-22-26(2)14-19-37(33)47(36)38-20-15-29(31-17-16-30(42)24-35(31)43)23-34(38)41-45-39(27-9-5-3-6-10-27)44-40(46-41)28-11-7-4-8-12-28/h3-24H,1-2H3. The highest BCUT2D eigenvalue weighted by Crippen LogP contribution is 2.39. The second-order valence-corrected chi connectivity index (χ2v) is 11.8. The third kappa shape index (κ3) is 5.14. The van der Waals surface area contributed by atoms with Crippen molar-refractivity contribution in [2.45, 2.75) is 13.8 Å². The van der Waals surface area contributed by atoms with Crippen molar-refractivity contribution >= 4 is 21.8 Å². The van der Waals surface area contributed by atoms with Gasteiger partial charge in [0.2, 0.25) is 0 Å². The zero-order valence-electron chi connectivity index (χ0n) is 25.7. The van der Waals surface area contributed by atoms with Crippen LogP contribution in [-0.2, 0) is 0 Å². The number of halogens is 2. The minimum atomic E-state index is -0.642. The van der Waals surface area contributed by atoms with Gasteiger partial charge in [-0.25, -0.2) is 23.7 Å². The number of benzene rings is 6. The van der Waals surface area contributed by atoms with Gasteiger partial charge in [-0.3, -0.25) is 0 Å². The molecule has 226 valence electrons. The quantitative estimate of drug-likeness (QED) is 0.194. The molecular weight excluding hydrogens is 586 g/mol. The van der Waals surface area contributed by atoms with E-state index < -0.39 is 11.6 Å². The van der Waals surface area contributed by atoms with Gasteiger partial charge in [0.05, 0.1) is 16.7 Å². The van der Waals surface area contributed by atoms with Crippen LogP contribution in [0.5, 0.6) is 0 Å². The fourth-order valence-corrected chi connectivity index (χ4v) is 6.24. The van der Waals surface area contributed by atoms with E-state index in [4.69, 9.17) is 15.0 Å². The summed E-state index contributed by atoms with van der Waals surface area (Å²) in [6.07, 6.45) is 0. The lowest BCUT2D eigenvalue weighted by molar-refractivity contribution is 0.585. The van der Waals surface area contributed by atoms with Gasteiger partial charge in [0.1, 0.15) is 11.6 Å². The number of fused-ring (bicyclic) bond motifs is 3. The molecule has 0 amide bonds. The van der Waals surface area contributed by atoms with Crippen molar-refractivity contribution in [2.24, 2.45) is 0 Å². The van der Waals surface area contributed by atoms with E-state index >= 15 is 4.39 Å². The first kappa shape index (κ1) is 28.5. The minimum absolute atomic E-state index is 0.285. The Balaban J connectivity index is 1.47. The first-order valence-corrected chi connectivity index (χ1v) is 15.4. The summed E-state index contributed by atoms with van der Waals surface area (Å²) in [6.45, 7) is 4.19. The molecule has 0 unspecified atom stereocenters. The molecule has 0 aliphatic heterocycles. The molecule has 2 aromatic heterocycles. The average Bonchev–Trinajstić information content (AvgIpc) is 3.41. The largest absolute Gasteiger partial charge is 0.309 e. The molecular formula is C41H28F2N4. The van der Waals surface area contributed by atoms with E-state index in [-0.39, 0.29) is 5.56 Å². The van der Waals surface area contributed by atoms with Crippen LogP contribution in [0.2, 0.25) is 0 Å². The number of nitrogens with zero attached hydrogens (tertiary/aromatic N) is 4. The third-order valence-corrected chi connectivity index (χ3v) is 8.50. The van der Waals surface area contributed by atoms with Gasteiger partial charge in [0.25, 0.3) is 0 Å². The molecule has 6 heteroatoms. The summed E-state index contributed by atoms with van der Waals surface area (Å²) in [4.78, 5) is 15.0. The Kier molecular flexibility index (Phi) is 6.91. The molecule has 0 fully saturated rings. The van der Waals surface area contributed by atoms with Crippen molar-refractivity contribution < 1.29 is 8.78 Å². The van der Waals surface area contributed by atoms with Crippen LogP contribution in [0, 0.1) is 25.5 Å². The van der Waals surface area contributed by atoms with Gasteiger partial charge in [-0.15, -0.1) is 0 Å². The predicted octanol–water partition coefficient (Wildman–Crippen LogP) is 10.5. The zero-order chi connectivity index (χ0) is 32.1. The molecule has 2 heterocycles. The molecule has 0 bridgehead atoms. The summed E-state index contributed by atoms with van der Waals surface area (Å²) in [7, 11) is 0. The second kappa shape index (κ2) is 11.4. The summed E-state index contributed by atoms with van der Waals surface area (Å²) in [5, 5.41) is 2.27. The fourth-order valence-electron chi connectivity index (χ4n) is 6.24. The van der Waals surface area contributed by atoms with Crippen LogP contribution in [0.1, 0.15) is 11.1 Å². The highest BCUT2D eigenvalue weighted by atomic mass is 19.1. The predicted molar refractivity (Wildman–Crippen MR) is 185 cm³/mol. The topological polar surface area (TPSA) is 43.6 Å². The van der Waals surface area contributed by atoms with Gasteiger partial charge in [-0.05, 0) is 67.9 Å². The number of hydrogen-bond donors (Lipinski definition) is 0. The van der Waals surface area contributed by atoms with E-state index in [9.17, 15) is 4.39 Å². The lowest BCUT2D eigenvalue weighted by atomic mass is 10.00. The molecule has 8 rings (SSSR count). The monoisotopic (exact) mass is 614 g/mol. The highest BCUT2D eigenvalue weighted by Gasteiger charge is 2.21. The number of aromatic nitrogens is 4. The Bertz CT molecular complexity index is 2330. The number of hydrogen-bond acceptors (Lipinski definition) is 3. The van der Waals surface area contributed by atoms with E-state index in [0.717, 1.165) is 55.8 Å². The van der Waals surface area contributed by atoms with Crippen molar-refractivity contribution in [3.05, 3.63) is 156 Å². The van der Waals surface area contributed by atoms with E-state index in [0.29, 0.717) is 28.6 Å². The van der Waals surface area contributed by atoms with E-state index in [2.05, 4.69) is 54.8 Å². The van der Waals surface area contributed by atoms with Gasteiger partial charge in [-0.2, -0.15) is 0 Å². The van der Waals surface area contributed by atoms with Crippen molar-refractivity contribution in [1.82, 2.24) is 19.5 Å². The normalized spacial score (nSPS) is 11.4. The van der Waals surface area contributed by atoms with Crippen molar-refractivity contribution in [3.63, 3.8) is 0 Å². The first-order valence-electron chi connectivity index (χ1n) is 15.4. The van der Waals surface area contributed by atoms with Gasteiger partial charge in [0, 0.05) is 39.1 Å². The summed E-state index contributed by atoms with van der Waals surface area (Å²) >= 11 is 0. The van der Waals surface area contributed by atoms with E-state index in [1.54, 1.807) is 0 Å². The molecule has 4 nitrogen and oxygen atoms in total. The smallest absolute Gasteiger partial charge is 0.166 e. The molecule has 0 aliphatic rings. The van der Waals surface area contributed by atoms with Gasteiger partial charge in [0.15, 0.2) is 17.5 Å². The summed E-state index contributed by atoms with van der Waals surface area (Å²) in [6, 6.07) is 41.9. The van der Waals surface area contributed by atoms with Crippen LogP contribution in [0.3, 0.4) is 0 Å². The Morgan fingerprint density at radius 3 is 1.57 bits per heavy atom. The van der Waals surface area contributed by atoms with Crippen LogP contribution in [0.4, 0.5) is 8.78 Å². The van der Waals surface area contributed by atoms with Crippen molar-refractivity contribution in [1.29, 1.82) is 0 Å². The minimum Gasteiger partial charge on any atom is -0.309 e. The Hall–Kier alpha value is -6.01. The number of rotatable bonds is 5. The first-order chi connectivity index (χ1) is 22.9. The molecule has 0 saturated heterocycles. The molecule has 8 aromatic rings. The lowest BCUT2D eigenvalue weighted by Gasteiger charge is -2.16. The lowest BCUT2D eigenvalue weighted by Crippen LogP contribution is -2.04. The van der Waals surface area contributed by atoms with Gasteiger partial charge < -0.3 is 4.57 Å². The van der Waals surface area contributed by atoms with Crippen LogP contribution in [0.25, 0.3) is 72.8 Å². The van der Waals surface area contributed by atoms with Crippen LogP contribution >= 0.6 is 0 Å². The number of aryl methyl sites for hydroxylation is 2. The van der Waals surface area contributed by atoms with Crippen LogP contribution < -0.4 is 0 Å². The SMILES string of the molecule is Cc1ccc2c(c1)c1cc(C)ccc1n2-c1ccc(-c2ccc(F)cc2F)cc1-c1nc(-c2ccccc2)nc(-c2ccccc2)n1. The van der Waals surface area contributed by atoms with E-state index in [1.807, 2.05) is 78.9 Å². The molecule has 0 spiro atoms. The molecule has 0 radical (unpaired) electrons. The summed E-state index contributed by atoms with van der Waals surface area (Å²) in [5.74, 6) is 0.208. The van der Waals surface area contributed by atoms with Crippen molar-refractivity contribution in [3.8, 4) is 51.0 Å². The molecule has 6 aromatic carbocycles. The van der Waals surface area contributed by atoms with Crippen molar-refractivity contribution in [2.75, 3.05) is 0 Å². The van der Waals surface area contributed by atoms with E-state index in [1.165, 1.54) is 12.1 Å². The molecule has 0 atom stereocenters. The fraction of sp³-hybridized carbons (Fsp3) is 0.0488. The van der Waals surface area contributed by atoms with Gasteiger partial charge >= 0.3 is 0 Å². The zero-order valence-corrected chi connectivity index (χ0v) is 25.7. The second-order valence-electron chi connectivity index (χ2n) is 11.8. The maximum Gasteiger partial charge on any atom is 0.166 e.